The number of benzene rings is 1. The van der Waals surface area contributed by atoms with Crippen LogP contribution in [0.15, 0.2) is 23.1 Å². The van der Waals surface area contributed by atoms with Gasteiger partial charge in [0.15, 0.2) is 0 Å². The molecule has 1 aromatic carbocycles. The maximum absolute atomic E-state index is 13.2. The second-order valence-corrected chi connectivity index (χ2v) is 6.79. The lowest BCUT2D eigenvalue weighted by molar-refractivity contribution is 0.0531. The van der Waals surface area contributed by atoms with Crippen molar-refractivity contribution in [3.05, 3.63) is 24.0 Å². The first-order chi connectivity index (χ1) is 9.36. The van der Waals surface area contributed by atoms with Crippen molar-refractivity contribution in [3.63, 3.8) is 0 Å². The summed E-state index contributed by atoms with van der Waals surface area (Å²) < 4.78 is 44.9. The van der Waals surface area contributed by atoms with Crippen molar-refractivity contribution < 1.29 is 22.7 Å². The van der Waals surface area contributed by atoms with E-state index in [9.17, 15) is 17.9 Å². The number of methoxy groups -OCH3 is 1. The van der Waals surface area contributed by atoms with Gasteiger partial charge in [0, 0.05) is 6.54 Å². The van der Waals surface area contributed by atoms with Crippen molar-refractivity contribution in [2.75, 3.05) is 13.7 Å². The molecule has 1 fully saturated rings. The molecular formula is C13H18FNO4S. The van der Waals surface area contributed by atoms with Crippen LogP contribution in [0.4, 0.5) is 4.39 Å². The number of sulfonamides is 1. The summed E-state index contributed by atoms with van der Waals surface area (Å²) in [7, 11) is -2.61. The average Bonchev–Trinajstić information content (AvgIpc) is 2.84. The highest BCUT2D eigenvalue weighted by Crippen LogP contribution is 2.30. The maximum atomic E-state index is 13.2. The number of nitrogens with one attached hydrogen (secondary N) is 1. The minimum atomic E-state index is -3.93. The summed E-state index contributed by atoms with van der Waals surface area (Å²) in [6.45, 7) is -0.0744. The summed E-state index contributed by atoms with van der Waals surface area (Å²) in [5.74, 6) is -0.594. The predicted octanol–water partition coefficient (Wildman–Crippen LogP) is 1.42. The zero-order valence-corrected chi connectivity index (χ0v) is 12.0. The number of aliphatic hydroxyl groups is 1. The number of rotatable bonds is 5. The van der Waals surface area contributed by atoms with Crippen molar-refractivity contribution >= 4 is 10.0 Å². The molecule has 1 saturated carbocycles. The van der Waals surface area contributed by atoms with E-state index >= 15 is 0 Å². The minimum Gasteiger partial charge on any atom is -0.495 e. The average molecular weight is 303 g/mol. The van der Waals surface area contributed by atoms with Crippen molar-refractivity contribution in [3.8, 4) is 5.75 Å². The largest absolute Gasteiger partial charge is 0.495 e. The molecule has 1 aliphatic rings. The minimum absolute atomic E-state index is 0.0670. The second-order valence-electron chi connectivity index (χ2n) is 5.05. The van der Waals surface area contributed by atoms with Gasteiger partial charge in [-0.3, -0.25) is 0 Å². The highest BCUT2D eigenvalue weighted by Gasteiger charge is 2.33. The molecule has 0 radical (unpaired) electrons. The van der Waals surface area contributed by atoms with Gasteiger partial charge in [-0.2, -0.15) is 0 Å². The fourth-order valence-corrected chi connectivity index (χ4v) is 3.68. The Hall–Kier alpha value is -1.18. The van der Waals surface area contributed by atoms with Crippen LogP contribution in [0.25, 0.3) is 0 Å². The molecule has 0 amide bonds. The smallest absolute Gasteiger partial charge is 0.244 e. The molecule has 0 unspecified atom stereocenters. The third kappa shape index (κ3) is 3.28. The Kier molecular flexibility index (Phi) is 4.31. The van der Waals surface area contributed by atoms with Gasteiger partial charge in [0.05, 0.1) is 12.7 Å². The molecule has 112 valence electrons. The molecule has 0 aromatic heterocycles. The predicted molar refractivity (Wildman–Crippen MR) is 71.6 cm³/mol. The standard InChI is InChI=1S/C13H18FNO4S/c1-19-11-5-4-10(14)8-12(11)20(17,18)15-9-13(16)6-2-3-7-13/h4-5,8,15-16H,2-3,6-7,9H2,1H3. The fourth-order valence-electron chi connectivity index (χ4n) is 2.38. The van der Waals surface area contributed by atoms with E-state index in [0.29, 0.717) is 12.8 Å². The van der Waals surface area contributed by atoms with E-state index in [1.807, 2.05) is 0 Å². The Morgan fingerprint density at radius 2 is 2.05 bits per heavy atom. The lowest BCUT2D eigenvalue weighted by atomic mass is 10.0. The van der Waals surface area contributed by atoms with Crippen LogP contribution in [0, 0.1) is 5.82 Å². The summed E-state index contributed by atoms with van der Waals surface area (Å²) >= 11 is 0. The molecule has 5 nitrogen and oxygen atoms in total. The monoisotopic (exact) mass is 303 g/mol. The fraction of sp³-hybridized carbons (Fsp3) is 0.538. The molecule has 2 N–H and O–H groups in total. The van der Waals surface area contributed by atoms with Crippen molar-refractivity contribution in [2.45, 2.75) is 36.2 Å². The van der Waals surface area contributed by atoms with Gasteiger partial charge in [-0.25, -0.2) is 17.5 Å². The van der Waals surface area contributed by atoms with Crippen molar-refractivity contribution in [1.29, 1.82) is 0 Å². The van der Waals surface area contributed by atoms with Crippen LogP contribution in [0.3, 0.4) is 0 Å². The molecule has 0 bridgehead atoms. The molecule has 20 heavy (non-hydrogen) atoms. The maximum Gasteiger partial charge on any atom is 0.244 e. The van der Waals surface area contributed by atoms with Crippen LogP contribution in [-0.4, -0.2) is 32.8 Å². The topological polar surface area (TPSA) is 75.6 Å². The zero-order valence-electron chi connectivity index (χ0n) is 11.2. The molecule has 1 aromatic rings. The van der Waals surface area contributed by atoms with E-state index in [1.165, 1.54) is 13.2 Å². The van der Waals surface area contributed by atoms with E-state index in [4.69, 9.17) is 4.74 Å². The Bertz CT molecular complexity index is 582. The number of hydrogen-bond acceptors (Lipinski definition) is 4. The molecule has 0 spiro atoms. The summed E-state index contributed by atoms with van der Waals surface area (Å²) in [6, 6.07) is 3.29. The SMILES string of the molecule is COc1ccc(F)cc1S(=O)(=O)NCC1(O)CCCC1. The molecule has 7 heteroatoms. The Morgan fingerprint density at radius 3 is 2.65 bits per heavy atom. The van der Waals surface area contributed by atoms with Gasteiger partial charge in [0.25, 0.3) is 0 Å². The van der Waals surface area contributed by atoms with Crippen molar-refractivity contribution in [1.82, 2.24) is 4.72 Å². The Labute approximate surface area is 117 Å². The zero-order chi connectivity index (χ0) is 14.8. The van der Waals surface area contributed by atoms with Gasteiger partial charge < -0.3 is 9.84 Å². The highest BCUT2D eigenvalue weighted by atomic mass is 32.2. The first-order valence-electron chi connectivity index (χ1n) is 6.42. The number of ether oxygens (including phenoxy) is 1. The lowest BCUT2D eigenvalue weighted by Gasteiger charge is -2.22. The number of hydrogen-bond donors (Lipinski definition) is 2. The summed E-state index contributed by atoms with van der Waals surface area (Å²) in [5, 5.41) is 10.2. The molecular weight excluding hydrogens is 285 g/mol. The van der Waals surface area contributed by atoms with Crippen molar-refractivity contribution in [2.24, 2.45) is 0 Å². The van der Waals surface area contributed by atoms with E-state index < -0.39 is 21.4 Å². The Morgan fingerprint density at radius 1 is 1.40 bits per heavy atom. The first kappa shape index (κ1) is 15.2. The third-order valence-corrected chi connectivity index (χ3v) is 4.96. The Balaban J connectivity index is 2.20. The van der Waals surface area contributed by atoms with E-state index in [2.05, 4.69) is 4.72 Å². The molecule has 0 heterocycles. The summed E-state index contributed by atoms with van der Waals surface area (Å²) in [6.07, 6.45) is 2.88. The van der Waals surface area contributed by atoms with Crippen LogP contribution in [0.1, 0.15) is 25.7 Å². The normalized spacial score (nSPS) is 18.1. The van der Waals surface area contributed by atoms with Gasteiger partial charge in [0.2, 0.25) is 10.0 Å². The van der Waals surface area contributed by atoms with Crippen LogP contribution in [0.2, 0.25) is 0 Å². The highest BCUT2D eigenvalue weighted by molar-refractivity contribution is 7.89. The summed E-state index contributed by atoms with van der Waals surface area (Å²) in [4.78, 5) is -0.262. The van der Waals surface area contributed by atoms with E-state index in [0.717, 1.165) is 25.0 Å². The lowest BCUT2D eigenvalue weighted by Crippen LogP contribution is -2.40. The van der Waals surface area contributed by atoms with E-state index in [-0.39, 0.29) is 17.2 Å². The molecule has 0 aliphatic heterocycles. The van der Waals surface area contributed by atoms with Crippen LogP contribution >= 0.6 is 0 Å². The van der Waals surface area contributed by atoms with Gasteiger partial charge in [-0.15, -0.1) is 0 Å². The summed E-state index contributed by atoms with van der Waals surface area (Å²) in [5.41, 5.74) is -1.01. The van der Waals surface area contributed by atoms with Crippen LogP contribution in [-0.2, 0) is 10.0 Å². The van der Waals surface area contributed by atoms with Gasteiger partial charge in [0.1, 0.15) is 16.5 Å². The van der Waals surface area contributed by atoms with E-state index in [1.54, 1.807) is 0 Å². The molecule has 2 rings (SSSR count). The quantitative estimate of drug-likeness (QED) is 0.862. The van der Waals surface area contributed by atoms with Gasteiger partial charge >= 0.3 is 0 Å². The van der Waals surface area contributed by atoms with Crippen LogP contribution < -0.4 is 9.46 Å². The van der Waals surface area contributed by atoms with Crippen LogP contribution in [0.5, 0.6) is 5.75 Å². The first-order valence-corrected chi connectivity index (χ1v) is 7.90. The number of halogens is 1. The van der Waals surface area contributed by atoms with Gasteiger partial charge in [-0.1, -0.05) is 12.8 Å². The second kappa shape index (κ2) is 5.67. The van der Waals surface area contributed by atoms with Gasteiger partial charge in [-0.05, 0) is 31.0 Å². The molecule has 0 saturated heterocycles. The third-order valence-electron chi connectivity index (χ3n) is 3.54. The molecule has 0 atom stereocenters. The molecule has 1 aliphatic carbocycles.